The summed E-state index contributed by atoms with van der Waals surface area (Å²) >= 11 is 0. The number of nitriles is 2. The Hall–Kier alpha value is -4.28. The number of likely N-dealkylation sites (tertiary alicyclic amines) is 1. The molecule has 5 atom stereocenters. The molecule has 1 amide bonds. The first-order valence-electron chi connectivity index (χ1n) is 15.8. The monoisotopic (exact) mass is 612 g/mol. The van der Waals surface area contributed by atoms with Crippen molar-refractivity contribution in [1.82, 2.24) is 14.7 Å². The van der Waals surface area contributed by atoms with E-state index in [-0.39, 0.29) is 48.8 Å². The zero-order valence-corrected chi connectivity index (χ0v) is 25.6. The highest BCUT2D eigenvalue weighted by Crippen LogP contribution is 2.43. The van der Waals surface area contributed by atoms with Crippen LogP contribution in [0.3, 0.4) is 0 Å². The van der Waals surface area contributed by atoms with Crippen LogP contribution in [0.15, 0.2) is 65.1 Å². The van der Waals surface area contributed by atoms with E-state index < -0.39 is 24.2 Å². The molecule has 0 N–H and O–H groups in total. The van der Waals surface area contributed by atoms with Crippen LogP contribution in [0.5, 0.6) is 0 Å². The van der Waals surface area contributed by atoms with Crippen molar-refractivity contribution >= 4 is 17.4 Å². The lowest BCUT2D eigenvalue weighted by Gasteiger charge is -2.45. The van der Waals surface area contributed by atoms with Crippen LogP contribution in [-0.4, -0.2) is 90.6 Å². The van der Waals surface area contributed by atoms with Gasteiger partial charge >= 0.3 is 0 Å². The number of alkyl halides is 1. The highest BCUT2D eigenvalue weighted by atomic mass is 19.1. The maximum Gasteiger partial charge on any atom is 0.246 e. The highest BCUT2D eigenvalue weighted by molar-refractivity contribution is 6.00. The van der Waals surface area contributed by atoms with Crippen LogP contribution in [0.25, 0.3) is 5.57 Å². The molecule has 8 nitrogen and oxygen atoms in total. The van der Waals surface area contributed by atoms with E-state index in [4.69, 9.17) is 9.73 Å². The Kier molecular flexibility index (Phi) is 8.87. The van der Waals surface area contributed by atoms with Crippen LogP contribution in [0, 0.1) is 28.6 Å². The molecule has 0 aromatic heterocycles. The summed E-state index contributed by atoms with van der Waals surface area (Å²) in [6.45, 7) is 5.01. The Morgan fingerprint density at radius 1 is 1.20 bits per heavy atom. The molecule has 2 saturated heterocycles. The van der Waals surface area contributed by atoms with Crippen molar-refractivity contribution in [2.45, 2.75) is 62.8 Å². The second-order valence-electron chi connectivity index (χ2n) is 12.5. The third-order valence-corrected chi connectivity index (χ3v) is 9.83. The third kappa shape index (κ3) is 5.80. The number of allylic oxidation sites excluding steroid dienone is 2. The van der Waals surface area contributed by atoms with E-state index in [9.17, 15) is 19.7 Å². The molecule has 2 unspecified atom stereocenters. The minimum atomic E-state index is -0.960. The maximum atomic E-state index is 16.8. The molecule has 0 spiro atoms. The number of hydrogen-bond donors (Lipinski definition) is 0. The van der Waals surface area contributed by atoms with E-state index >= 15 is 4.39 Å². The molecular weight excluding hydrogens is 574 g/mol. The zero-order chi connectivity index (χ0) is 31.7. The van der Waals surface area contributed by atoms with Gasteiger partial charge in [-0.25, -0.2) is 13.8 Å². The van der Waals surface area contributed by atoms with Crippen molar-refractivity contribution in [3.8, 4) is 12.1 Å². The number of nitrogens with zero attached hydrogens (tertiary/aromatic N) is 6. The maximum absolute atomic E-state index is 16.8. The van der Waals surface area contributed by atoms with Gasteiger partial charge in [0.1, 0.15) is 36.3 Å². The topological polar surface area (TPSA) is 96.0 Å². The molecule has 234 valence electrons. The number of aryl methyl sites for hydroxylation is 1. The van der Waals surface area contributed by atoms with Gasteiger partial charge in [-0.3, -0.25) is 9.69 Å². The van der Waals surface area contributed by atoms with Gasteiger partial charge in [-0.1, -0.05) is 36.9 Å². The molecule has 45 heavy (non-hydrogen) atoms. The third-order valence-electron chi connectivity index (χ3n) is 9.83. The van der Waals surface area contributed by atoms with Crippen molar-refractivity contribution in [2.24, 2.45) is 10.9 Å². The van der Waals surface area contributed by atoms with Crippen LogP contribution in [-0.2, 0) is 22.4 Å². The first-order valence-corrected chi connectivity index (χ1v) is 15.8. The molecule has 2 fully saturated rings. The zero-order valence-electron chi connectivity index (χ0n) is 25.6. The lowest BCUT2D eigenvalue weighted by molar-refractivity contribution is -0.130. The average Bonchev–Trinajstić information content (AvgIpc) is 3.39. The molecule has 0 bridgehead atoms. The first kappa shape index (κ1) is 30.7. The summed E-state index contributed by atoms with van der Waals surface area (Å²) in [7, 11) is 1.83. The second-order valence-corrected chi connectivity index (χ2v) is 12.5. The van der Waals surface area contributed by atoms with Crippen molar-refractivity contribution in [3.05, 3.63) is 76.8 Å². The smallest absolute Gasteiger partial charge is 0.246 e. The van der Waals surface area contributed by atoms with Crippen LogP contribution in [0.1, 0.15) is 42.4 Å². The Bertz CT molecular complexity index is 1580. The predicted molar refractivity (Wildman–Crippen MR) is 167 cm³/mol. The SMILES string of the molecule is C=CC(=O)N1CCN(C2=C(C#N)C(OC[C@@H]3C[C@@H](F)CN3C)=NC3C(F)=C(c4cccc5c4CCCC5)C=CC23)C[C@@H]1CC#N. The van der Waals surface area contributed by atoms with E-state index in [1.165, 1.54) is 17.2 Å². The molecule has 0 saturated carbocycles. The molecule has 10 heteroatoms. The molecular formula is C35H38F2N6O2. The van der Waals surface area contributed by atoms with E-state index in [1.807, 2.05) is 41.1 Å². The van der Waals surface area contributed by atoms with Gasteiger partial charge in [0.2, 0.25) is 11.8 Å². The van der Waals surface area contributed by atoms with Crippen LogP contribution >= 0.6 is 0 Å². The van der Waals surface area contributed by atoms with Gasteiger partial charge in [-0.05, 0) is 61.9 Å². The summed E-state index contributed by atoms with van der Waals surface area (Å²) in [4.78, 5) is 22.8. The fourth-order valence-corrected chi connectivity index (χ4v) is 7.53. The number of dihydropyridines is 1. The summed E-state index contributed by atoms with van der Waals surface area (Å²) in [6.07, 6.45) is 8.48. The van der Waals surface area contributed by atoms with Crippen molar-refractivity contribution in [2.75, 3.05) is 39.8 Å². The van der Waals surface area contributed by atoms with Gasteiger partial charge in [0, 0.05) is 49.4 Å². The molecule has 2 aliphatic carbocycles. The molecule has 6 rings (SSSR count). The van der Waals surface area contributed by atoms with E-state index in [0.717, 1.165) is 31.2 Å². The van der Waals surface area contributed by atoms with Crippen LogP contribution in [0.2, 0.25) is 0 Å². The quantitative estimate of drug-likeness (QED) is 0.434. The Morgan fingerprint density at radius 2 is 2.02 bits per heavy atom. The van der Waals surface area contributed by atoms with Gasteiger partial charge in [-0.2, -0.15) is 10.5 Å². The summed E-state index contributed by atoms with van der Waals surface area (Å²) in [6, 6.07) is 8.93. The number of aliphatic imine (C=N–C) groups is 1. The van der Waals surface area contributed by atoms with Gasteiger partial charge in [0.15, 0.2) is 0 Å². The minimum absolute atomic E-state index is 0.0470. The van der Waals surface area contributed by atoms with Crippen molar-refractivity contribution in [3.63, 3.8) is 0 Å². The number of carbonyl (C=O) groups excluding carboxylic acids is 1. The standard InChI is InChI=1S/C35H38F2N6O2/c1-3-31(44)43-16-15-42(20-24(43)13-14-38)34-29-12-11-28(27-10-6-8-22-7-4-5-9-26(22)27)32(37)33(29)40-35(30(34)18-39)45-21-25-17-23(36)19-41(25)2/h3,6,8,10-12,23-25,29,33H,1,4-5,7,9,13,15-17,19-21H2,2H3/t23-,24+,25+,29?,33?/m1/s1. The summed E-state index contributed by atoms with van der Waals surface area (Å²) in [5, 5.41) is 20.0. The lowest BCUT2D eigenvalue weighted by Crippen LogP contribution is -2.56. The molecule has 1 aromatic carbocycles. The number of halogens is 2. The number of carbonyl (C=O) groups is 1. The number of piperazine rings is 1. The van der Waals surface area contributed by atoms with Crippen LogP contribution in [0.4, 0.5) is 8.78 Å². The molecule has 5 aliphatic rings. The molecule has 1 aromatic rings. The summed E-state index contributed by atoms with van der Waals surface area (Å²) in [5.74, 6) is -1.17. The summed E-state index contributed by atoms with van der Waals surface area (Å²) in [5.41, 5.74) is 4.57. The number of likely N-dealkylation sites (N-methyl/N-ethyl adjacent to an activating group) is 1. The first-order chi connectivity index (χ1) is 21.8. The predicted octanol–water partition coefficient (Wildman–Crippen LogP) is 4.66. The second kappa shape index (κ2) is 13.0. The highest BCUT2D eigenvalue weighted by Gasteiger charge is 2.43. The van der Waals surface area contributed by atoms with Crippen molar-refractivity contribution < 1.29 is 18.3 Å². The van der Waals surface area contributed by atoms with E-state index in [0.29, 0.717) is 37.3 Å². The molecule has 3 heterocycles. The summed E-state index contributed by atoms with van der Waals surface area (Å²) < 4.78 is 37.1. The average molecular weight is 613 g/mol. The fraction of sp³-hybridized carbons (Fsp3) is 0.486. The number of benzene rings is 1. The Labute approximate surface area is 263 Å². The number of fused-ring (bicyclic) bond motifs is 2. The van der Waals surface area contributed by atoms with E-state index in [1.54, 1.807) is 4.90 Å². The van der Waals surface area contributed by atoms with Gasteiger partial charge in [0.05, 0.1) is 18.5 Å². The molecule has 0 radical (unpaired) electrons. The van der Waals surface area contributed by atoms with E-state index in [2.05, 4.69) is 24.8 Å². The van der Waals surface area contributed by atoms with Gasteiger partial charge in [-0.15, -0.1) is 0 Å². The number of ether oxygens (including phenoxy) is 1. The lowest BCUT2D eigenvalue weighted by atomic mass is 9.79. The number of amides is 1. The number of rotatable bonds is 6. The van der Waals surface area contributed by atoms with Crippen LogP contribution < -0.4 is 0 Å². The number of hydrogen-bond acceptors (Lipinski definition) is 7. The van der Waals surface area contributed by atoms with Gasteiger partial charge in [0.25, 0.3) is 0 Å². The minimum Gasteiger partial charge on any atom is -0.475 e. The Morgan fingerprint density at radius 3 is 2.76 bits per heavy atom. The fourth-order valence-electron chi connectivity index (χ4n) is 7.53. The van der Waals surface area contributed by atoms with Gasteiger partial charge < -0.3 is 14.5 Å². The largest absolute Gasteiger partial charge is 0.475 e. The molecule has 3 aliphatic heterocycles. The normalized spacial score (nSPS) is 28.2. The Balaban J connectivity index is 1.39. The van der Waals surface area contributed by atoms with Crippen molar-refractivity contribution in [1.29, 1.82) is 10.5 Å².